The Kier molecular flexibility index (Phi) is 3.88. The van der Waals surface area contributed by atoms with Crippen LogP contribution in [-0.2, 0) is 17.8 Å². The van der Waals surface area contributed by atoms with Gasteiger partial charge in [0.2, 0.25) is 5.91 Å². The topological polar surface area (TPSA) is 55.1 Å². The number of nitrogens with two attached hydrogens (primary N) is 1. The van der Waals surface area contributed by atoms with Crippen molar-refractivity contribution in [2.75, 3.05) is 5.73 Å². The lowest BCUT2D eigenvalue weighted by molar-refractivity contribution is -0.120. The van der Waals surface area contributed by atoms with Crippen LogP contribution in [0.15, 0.2) is 47.4 Å². The average Bonchev–Trinajstić information content (AvgIpc) is 2.92. The fourth-order valence-electron chi connectivity index (χ4n) is 2.52. The zero-order chi connectivity index (χ0) is 14.8. The summed E-state index contributed by atoms with van der Waals surface area (Å²) in [5, 5.41) is 3.00. The van der Waals surface area contributed by atoms with Gasteiger partial charge in [0.1, 0.15) is 0 Å². The van der Waals surface area contributed by atoms with Gasteiger partial charge >= 0.3 is 0 Å². The summed E-state index contributed by atoms with van der Waals surface area (Å²) in [6.45, 7) is 2.51. The molecule has 1 aliphatic rings. The number of nitrogens with one attached hydrogen (secondary N) is 1. The fourth-order valence-corrected chi connectivity index (χ4v) is 3.74. The van der Waals surface area contributed by atoms with Crippen LogP contribution in [0.4, 0.5) is 5.69 Å². The molecule has 1 atom stereocenters. The molecule has 0 radical (unpaired) electrons. The van der Waals surface area contributed by atoms with Gasteiger partial charge < -0.3 is 11.1 Å². The second-order valence-electron chi connectivity index (χ2n) is 5.27. The number of hydrogen-bond acceptors (Lipinski definition) is 3. The molecule has 21 heavy (non-hydrogen) atoms. The van der Waals surface area contributed by atoms with Crippen LogP contribution in [0.1, 0.15) is 16.7 Å². The van der Waals surface area contributed by atoms with Gasteiger partial charge in [-0.25, -0.2) is 0 Å². The first-order valence-corrected chi connectivity index (χ1v) is 7.89. The van der Waals surface area contributed by atoms with E-state index in [-0.39, 0.29) is 11.2 Å². The molecule has 0 fully saturated rings. The lowest BCUT2D eigenvalue weighted by Crippen LogP contribution is -2.32. The van der Waals surface area contributed by atoms with E-state index in [0.29, 0.717) is 6.54 Å². The molecule has 0 aromatic heterocycles. The van der Waals surface area contributed by atoms with E-state index in [0.717, 1.165) is 23.2 Å². The summed E-state index contributed by atoms with van der Waals surface area (Å²) >= 11 is 1.65. The molecule has 0 saturated carbocycles. The van der Waals surface area contributed by atoms with E-state index in [1.165, 1.54) is 10.5 Å². The van der Waals surface area contributed by atoms with Gasteiger partial charge in [-0.05, 0) is 42.2 Å². The molecule has 3 rings (SSSR count). The first-order chi connectivity index (χ1) is 10.1. The summed E-state index contributed by atoms with van der Waals surface area (Å²) in [7, 11) is 0. The number of carbonyl (C=O) groups is 1. The molecule has 3 N–H and O–H groups in total. The molecule has 0 aliphatic carbocycles. The highest BCUT2D eigenvalue weighted by Crippen LogP contribution is 2.36. The first kappa shape index (κ1) is 14.0. The van der Waals surface area contributed by atoms with Crippen LogP contribution >= 0.6 is 11.8 Å². The van der Waals surface area contributed by atoms with Crippen LogP contribution in [0.25, 0.3) is 0 Å². The minimum atomic E-state index is -0.0243. The van der Waals surface area contributed by atoms with Crippen LogP contribution in [-0.4, -0.2) is 11.2 Å². The smallest absolute Gasteiger partial charge is 0.234 e. The standard InChI is InChI=1S/C17H18N2OS/c1-11-13(6-4-7-14(11)18)10-19-17(20)16-9-12-5-2-3-8-15(12)21-16/h2-8,16H,9-10,18H2,1H3,(H,19,20). The number of fused-ring (bicyclic) bond motifs is 1. The summed E-state index contributed by atoms with van der Waals surface area (Å²) in [6.07, 6.45) is 0.808. The predicted octanol–water partition coefficient (Wildman–Crippen LogP) is 2.91. The Balaban J connectivity index is 1.62. The third-order valence-electron chi connectivity index (χ3n) is 3.88. The van der Waals surface area contributed by atoms with Gasteiger partial charge in [-0.2, -0.15) is 0 Å². The van der Waals surface area contributed by atoms with Crippen molar-refractivity contribution in [3.05, 3.63) is 59.2 Å². The average molecular weight is 298 g/mol. The van der Waals surface area contributed by atoms with Crippen molar-refractivity contribution in [2.24, 2.45) is 0 Å². The SMILES string of the molecule is Cc1c(N)cccc1CNC(=O)C1Cc2ccccc2S1. The van der Waals surface area contributed by atoms with E-state index < -0.39 is 0 Å². The summed E-state index contributed by atoms with van der Waals surface area (Å²) in [4.78, 5) is 13.5. The van der Waals surface area contributed by atoms with Crippen molar-refractivity contribution in [1.29, 1.82) is 0 Å². The highest BCUT2D eigenvalue weighted by atomic mass is 32.2. The Morgan fingerprint density at radius 1 is 1.29 bits per heavy atom. The molecule has 1 aliphatic heterocycles. The van der Waals surface area contributed by atoms with Gasteiger partial charge in [-0.15, -0.1) is 11.8 Å². The van der Waals surface area contributed by atoms with Crippen molar-refractivity contribution >= 4 is 23.4 Å². The molecule has 108 valence electrons. The first-order valence-electron chi connectivity index (χ1n) is 7.01. The van der Waals surface area contributed by atoms with Crippen LogP contribution in [0, 0.1) is 6.92 Å². The minimum absolute atomic E-state index is 0.0243. The van der Waals surface area contributed by atoms with Crippen LogP contribution in [0.2, 0.25) is 0 Å². The number of nitrogen functional groups attached to an aromatic ring is 1. The highest BCUT2D eigenvalue weighted by Gasteiger charge is 2.27. The zero-order valence-corrected chi connectivity index (χ0v) is 12.7. The van der Waals surface area contributed by atoms with Crippen molar-refractivity contribution in [2.45, 2.75) is 30.0 Å². The Morgan fingerprint density at radius 3 is 2.90 bits per heavy atom. The normalized spacial score (nSPS) is 16.5. The maximum Gasteiger partial charge on any atom is 0.234 e. The van der Waals surface area contributed by atoms with Gasteiger partial charge in [-0.3, -0.25) is 4.79 Å². The largest absolute Gasteiger partial charge is 0.399 e. The molecule has 0 saturated heterocycles. The number of amides is 1. The number of hydrogen-bond donors (Lipinski definition) is 2. The highest BCUT2D eigenvalue weighted by molar-refractivity contribution is 8.01. The van der Waals surface area contributed by atoms with Gasteiger partial charge in [0.25, 0.3) is 0 Å². The molecule has 2 aromatic carbocycles. The van der Waals surface area contributed by atoms with E-state index in [4.69, 9.17) is 5.73 Å². The third-order valence-corrected chi connectivity index (χ3v) is 5.20. The second kappa shape index (κ2) is 5.82. The molecule has 0 spiro atoms. The van der Waals surface area contributed by atoms with Crippen LogP contribution in [0.3, 0.4) is 0 Å². The molecule has 4 heteroatoms. The third kappa shape index (κ3) is 2.90. The predicted molar refractivity (Wildman–Crippen MR) is 87.2 cm³/mol. The monoisotopic (exact) mass is 298 g/mol. The number of carbonyl (C=O) groups excluding carboxylic acids is 1. The lowest BCUT2D eigenvalue weighted by Gasteiger charge is -2.12. The van der Waals surface area contributed by atoms with E-state index in [1.807, 2.05) is 37.3 Å². The van der Waals surface area contributed by atoms with Crippen molar-refractivity contribution in [1.82, 2.24) is 5.32 Å². The summed E-state index contributed by atoms with van der Waals surface area (Å²) in [5.41, 5.74) is 10.0. The summed E-state index contributed by atoms with van der Waals surface area (Å²) < 4.78 is 0. The molecule has 1 unspecified atom stereocenters. The number of rotatable bonds is 3. The molecular weight excluding hydrogens is 280 g/mol. The van der Waals surface area contributed by atoms with E-state index >= 15 is 0 Å². The molecule has 1 heterocycles. The minimum Gasteiger partial charge on any atom is -0.399 e. The fraction of sp³-hybridized carbons (Fsp3) is 0.235. The lowest BCUT2D eigenvalue weighted by atomic mass is 10.1. The molecule has 0 bridgehead atoms. The Morgan fingerprint density at radius 2 is 2.10 bits per heavy atom. The van der Waals surface area contributed by atoms with Crippen LogP contribution < -0.4 is 11.1 Å². The molecule has 1 amide bonds. The summed E-state index contributed by atoms with van der Waals surface area (Å²) in [5.74, 6) is 0.0954. The van der Waals surface area contributed by atoms with Gasteiger partial charge in [0.05, 0.1) is 5.25 Å². The van der Waals surface area contributed by atoms with Gasteiger partial charge in [-0.1, -0.05) is 30.3 Å². The van der Waals surface area contributed by atoms with Crippen molar-refractivity contribution < 1.29 is 4.79 Å². The maximum atomic E-state index is 12.3. The van der Waals surface area contributed by atoms with Crippen molar-refractivity contribution in [3.63, 3.8) is 0 Å². The number of anilines is 1. The Labute approximate surface area is 128 Å². The zero-order valence-electron chi connectivity index (χ0n) is 11.9. The van der Waals surface area contributed by atoms with Crippen LogP contribution in [0.5, 0.6) is 0 Å². The van der Waals surface area contributed by atoms with Gasteiger partial charge in [0.15, 0.2) is 0 Å². The molecular formula is C17H18N2OS. The van der Waals surface area contributed by atoms with E-state index in [1.54, 1.807) is 11.8 Å². The second-order valence-corrected chi connectivity index (χ2v) is 6.51. The van der Waals surface area contributed by atoms with E-state index in [2.05, 4.69) is 17.4 Å². The Bertz CT molecular complexity index is 659. The summed E-state index contributed by atoms with van der Waals surface area (Å²) in [6, 6.07) is 14.0. The van der Waals surface area contributed by atoms with E-state index in [9.17, 15) is 4.79 Å². The maximum absolute atomic E-state index is 12.3. The Hall–Kier alpha value is -1.94. The number of benzene rings is 2. The van der Waals surface area contributed by atoms with Gasteiger partial charge in [0, 0.05) is 17.1 Å². The van der Waals surface area contributed by atoms with Crippen molar-refractivity contribution in [3.8, 4) is 0 Å². The number of thioether (sulfide) groups is 1. The molecule has 2 aromatic rings. The molecule has 3 nitrogen and oxygen atoms in total. The quantitative estimate of drug-likeness (QED) is 0.857.